The second kappa shape index (κ2) is 8.24. The molecule has 3 rings (SSSR count). The minimum atomic E-state index is 0.740. The molecule has 6 heteroatoms. The predicted molar refractivity (Wildman–Crippen MR) is 99.3 cm³/mol. The molecule has 1 saturated heterocycles. The monoisotopic (exact) mass is 331 g/mol. The summed E-state index contributed by atoms with van der Waals surface area (Å²) in [7, 11) is 1.83. The molecule has 1 fully saturated rings. The van der Waals surface area contributed by atoms with E-state index < -0.39 is 0 Å². The van der Waals surface area contributed by atoms with Gasteiger partial charge in [-0.05, 0) is 37.1 Å². The molecule has 5 nitrogen and oxygen atoms in total. The molecule has 1 aliphatic heterocycles. The smallest absolute Gasteiger partial charge is 0.191 e. The fourth-order valence-corrected chi connectivity index (χ4v) is 4.02. The highest BCUT2D eigenvalue weighted by atomic mass is 32.2. The molecule has 1 atom stereocenters. The Morgan fingerprint density at radius 2 is 2.30 bits per heavy atom. The van der Waals surface area contributed by atoms with Crippen molar-refractivity contribution in [2.45, 2.75) is 30.9 Å². The number of aliphatic imine (C=N–C) groups is 1. The highest BCUT2D eigenvalue weighted by Gasteiger charge is 2.15. The summed E-state index contributed by atoms with van der Waals surface area (Å²) >= 11 is 2.06. The molecule has 1 unspecified atom stereocenters. The van der Waals surface area contributed by atoms with E-state index in [2.05, 4.69) is 43.4 Å². The van der Waals surface area contributed by atoms with Crippen molar-refractivity contribution in [3.05, 3.63) is 30.1 Å². The maximum atomic E-state index is 4.61. The Morgan fingerprint density at radius 1 is 1.39 bits per heavy atom. The van der Waals surface area contributed by atoms with Gasteiger partial charge in [-0.15, -0.1) is 0 Å². The molecule has 3 N–H and O–H groups in total. The first-order chi connectivity index (χ1) is 11.3. The number of guanidine groups is 1. The van der Waals surface area contributed by atoms with Crippen molar-refractivity contribution in [3.8, 4) is 0 Å². The van der Waals surface area contributed by atoms with Crippen LogP contribution in [0.15, 0.2) is 29.3 Å². The Hall–Kier alpha value is -1.69. The molecule has 23 heavy (non-hydrogen) atoms. The number of aromatic amines is 1. The zero-order valence-electron chi connectivity index (χ0n) is 13.6. The number of H-pyrrole nitrogens is 1. The van der Waals surface area contributed by atoms with Crippen LogP contribution < -0.4 is 10.6 Å². The van der Waals surface area contributed by atoms with Gasteiger partial charge in [-0.2, -0.15) is 11.8 Å². The molecule has 1 aromatic carbocycles. The van der Waals surface area contributed by atoms with Crippen LogP contribution in [-0.2, 0) is 6.42 Å². The average molecular weight is 331 g/mol. The van der Waals surface area contributed by atoms with E-state index in [4.69, 9.17) is 0 Å². The van der Waals surface area contributed by atoms with E-state index in [-0.39, 0.29) is 0 Å². The van der Waals surface area contributed by atoms with Crippen LogP contribution in [0.4, 0.5) is 0 Å². The number of benzene rings is 1. The van der Waals surface area contributed by atoms with E-state index in [9.17, 15) is 0 Å². The number of nitrogens with zero attached hydrogens (tertiary/aromatic N) is 2. The van der Waals surface area contributed by atoms with Gasteiger partial charge in [-0.1, -0.05) is 12.1 Å². The maximum Gasteiger partial charge on any atom is 0.191 e. The standard InChI is InChI=1S/C17H25N5S/c1-18-17(20-12-13-6-5-11-23-13)19-10-4-9-16-21-14-7-2-3-8-15(14)22-16/h2-3,7-8,13H,4-6,9-12H2,1H3,(H,21,22)(H2,18,19,20). The molecule has 0 bridgehead atoms. The van der Waals surface area contributed by atoms with Gasteiger partial charge >= 0.3 is 0 Å². The van der Waals surface area contributed by atoms with Crippen LogP contribution in [0, 0.1) is 0 Å². The first kappa shape index (κ1) is 16.2. The normalized spacial score (nSPS) is 18.5. The Labute approximate surface area is 141 Å². The number of hydrogen-bond donors (Lipinski definition) is 3. The van der Waals surface area contributed by atoms with E-state index in [1.807, 2.05) is 25.2 Å². The number of aryl methyl sites for hydroxylation is 1. The van der Waals surface area contributed by atoms with Crippen LogP contribution in [0.2, 0.25) is 0 Å². The Kier molecular flexibility index (Phi) is 5.80. The van der Waals surface area contributed by atoms with E-state index in [0.29, 0.717) is 0 Å². The molecule has 1 aromatic heterocycles. The van der Waals surface area contributed by atoms with Crippen LogP contribution in [0.25, 0.3) is 11.0 Å². The third-order valence-electron chi connectivity index (χ3n) is 4.07. The van der Waals surface area contributed by atoms with Crippen molar-refractivity contribution in [1.29, 1.82) is 0 Å². The largest absolute Gasteiger partial charge is 0.356 e. The molecule has 2 heterocycles. The van der Waals surface area contributed by atoms with Gasteiger partial charge in [-0.25, -0.2) is 4.98 Å². The molecule has 0 aliphatic carbocycles. The molecule has 0 amide bonds. The molecular weight excluding hydrogens is 306 g/mol. The van der Waals surface area contributed by atoms with Gasteiger partial charge in [0.25, 0.3) is 0 Å². The summed E-state index contributed by atoms with van der Waals surface area (Å²) in [6.07, 6.45) is 4.64. The lowest BCUT2D eigenvalue weighted by atomic mass is 10.2. The third kappa shape index (κ3) is 4.64. The first-order valence-corrected chi connectivity index (χ1v) is 9.40. The zero-order chi connectivity index (χ0) is 15.9. The van der Waals surface area contributed by atoms with Crippen molar-refractivity contribution in [2.75, 3.05) is 25.9 Å². The number of rotatable bonds is 6. The van der Waals surface area contributed by atoms with Gasteiger partial charge in [0.05, 0.1) is 11.0 Å². The van der Waals surface area contributed by atoms with Crippen molar-refractivity contribution in [1.82, 2.24) is 20.6 Å². The van der Waals surface area contributed by atoms with Gasteiger partial charge in [0.2, 0.25) is 0 Å². The average Bonchev–Trinajstić information content (AvgIpc) is 3.23. The summed E-state index contributed by atoms with van der Waals surface area (Å²) in [6, 6.07) is 8.16. The molecule has 124 valence electrons. The molecule has 0 radical (unpaired) electrons. The molecule has 0 spiro atoms. The minimum absolute atomic E-state index is 0.740. The molecule has 2 aromatic rings. The Morgan fingerprint density at radius 3 is 3.09 bits per heavy atom. The van der Waals surface area contributed by atoms with Gasteiger partial charge < -0.3 is 15.6 Å². The van der Waals surface area contributed by atoms with E-state index in [1.54, 1.807) is 0 Å². The fourth-order valence-electron chi connectivity index (χ4n) is 2.82. The topological polar surface area (TPSA) is 65.1 Å². The number of para-hydroxylation sites is 2. The zero-order valence-corrected chi connectivity index (χ0v) is 14.5. The quantitative estimate of drug-likeness (QED) is 0.432. The summed E-state index contributed by atoms with van der Waals surface area (Å²) < 4.78 is 0. The van der Waals surface area contributed by atoms with Crippen LogP contribution in [0.3, 0.4) is 0 Å². The number of hydrogen-bond acceptors (Lipinski definition) is 3. The molecule has 1 aliphatic rings. The first-order valence-electron chi connectivity index (χ1n) is 8.35. The van der Waals surface area contributed by atoms with E-state index in [1.165, 1.54) is 18.6 Å². The summed E-state index contributed by atoms with van der Waals surface area (Å²) in [5.74, 6) is 3.26. The lowest BCUT2D eigenvalue weighted by Gasteiger charge is -2.14. The molecule has 0 saturated carbocycles. The number of nitrogens with one attached hydrogen (secondary N) is 3. The lowest BCUT2D eigenvalue weighted by Crippen LogP contribution is -2.40. The van der Waals surface area contributed by atoms with Crippen LogP contribution in [0.5, 0.6) is 0 Å². The number of fused-ring (bicyclic) bond motifs is 1. The number of aromatic nitrogens is 2. The van der Waals surface area contributed by atoms with Crippen LogP contribution >= 0.6 is 11.8 Å². The molecular formula is C17H25N5S. The second-order valence-corrected chi connectivity index (χ2v) is 7.23. The van der Waals surface area contributed by atoms with Gasteiger partial charge in [0.15, 0.2) is 5.96 Å². The highest BCUT2D eigenvalue weighted by molar-refractivity contribution is 8.00. The van der Waals surface area contributed by atoms with Crippen LogP contribution in [-0.4, -0.2) is 47.1 Å². The maximum absolute atomic E-state index is 4.61. The van der Waals surface area contributed by atoms with Crippen LogP contribution in [0.1, 0.15) is 25.1 Å². The minimum Gasteiger partial charge on any atom is -0.356 e. The summed E-state index contributed by atoms with van der Waals surface area (Å²) in [4.78, 5) is 12.3. The third-order valence-corrected chi connectivity index (χ3v) is 5.46. The SMILES string of the molecule is CN=C(NCCCc1nc2ccccc2[nH]1)NCC1CCCS1. The fraction of sp³-hybridized carbons (Fsp3) is 0.529. The summed E-state index contributed by atoms with van der Waals surface area (Å²) in [5, 5.41) is 7.55. The van der Waals surface area contributed by atoms with Crippen molar-refractivity contribution >= 4 is 28.8 Å². The van der Waals surface area contributed by atoms with E-state index >= 15 is 0 Å². The van der Waals surface area contributed by atoms with Crippen molar-refractivity contribution in [3.63, 3.8) is 0 Å². The second-order valence-electron chi connectivity index (χ2n) is 5.82. The summed E-state index contributed by atoms with van der Waals surface area (Å²) in [6.45, 7) is 1.91. The lowest BCUT2D eigenvalue weighted by molar-refractivity contribution is 0.703. The van der Waals surface area contributed by atoms with E-state index in [0.717, 1.165) is 54.0 Å². The predicted octanol–water partition coefficient (Wildman–Crippen LogP) is 2.56. The number of thioether (sulfide) groups is 1. The highest BCUT2D eigenvalue weighted by Crippen LogP contribution is 2.25. The Balaban J connectivity index is 1.37. The summed E-state index contributed by atoms with van der Waals surface area (Å²) in [5.41, 5.74) is 2.16. The van der Waals surface area contributed by atoms with Gasteiger partial charge in [0, 0.05) is 31.8 Å². The number of imidazole rings is 1. The van der Waals surface area contributed by atoms with Gasteiger partial charge in [0.1, 0.15) is 5.82 Å². The van der Waals surface area contributed by atoms with Gasteiger partial charge in [-0.3, -0.25) is 4.99 Å². The van der Waals surface area contributed by atoms with Crippen molar-refractivity contribution in [2.24, 2.45) is 4.99 Å². The van der Waals surface area contributed by atoms with Crippen molar-refractivity contribution < 1.29 is 0 Å². The Bertz CT molecular complexity index is 612.